The summed E-state index contributed by atoms with van der Waals surface area (Å²) < 4.78 is 0.511. The van der Waals surface area contributed by atoms with Gasteiger partial charge in [-0.2, -0.15) is 0 Å². The lowest BCUT2D eigenvalue weighted by Crippen LogP contribution is -2.11. The van der Waals surface area contributed by atoms with Crippen molar-refractivity contribution in [2.75, 3.05) is 0 Å². The van der Waals surface area contributed by atoms with Gasteiger partial charge in [-0.25, -0.2) is 4.79 Å². The number of fused-ring (bicyclic) bond motifs is 1. The molecule has 0 aromatic heterocycles. The second kappa shape index (κ2) is 2.99. The van der Waals surface area contributed by atoms with Gasteiger partial charge in [0.05, 0.1) is 4.76 Å². The molecule has 0 saturated heterocycles. The molecule has 0 spiro atoms. The summed E-state index contributed by atoms with van der Waals surface area (Å²) in [6.45, 7) is 6.53. The largest absolute Gasteiger partial charge is 0.466 e. The maximum Gasteiger partial charge on any atom is 0.466 e. The third-order valence-electron chi connectivity index (χ3n) is 2.74. The van der Waals surface area contributed by atoms with E-state index in [1.54, 1.807) is 6.07 Å². The first-order chi connectivity index (χ1) is 6.89. The Morgan fingerprint density at radius 2 is 1.93 bits per heavy atom. The highest BCUT2D eigenvalue weighted by Crippen LogP contribution is 2.27. The van der Waals surface area contributed by atoms with E-state index in [9.17, 15) is 9.70 Å². The average molecular weight is 204 g/mol. The second-order valence-corrected chi connectivity index (χ2v) is 4.96. The Kier molecular flexibility index (Phi) is 2.00. The molecule has 0 saturated carbocycles. The van der Waals surface area contributed by atoms with E-state index in [0.29, 0.717) is 10.3 Å². The van der Waals surface area contributed by atoms with E-state index in [4.69, 9.17) is 0 Å². The highest BCUT2D eigenvalue weighted by Gasteiger charge is 2.37. The van der Waals surface area contributed by atoms with Crippen molar-refractivity contribution < 1.29 is 9.55 Å². The lowest BCUT2D eigenvalue weighted by atomic mass is 9.85. The molecule has 1 amide bonds. The maximum absolute atomic E-state index is 11.4. The highest BCUT2D eigenvalue weighted by atomic mass is 16.3. The predicted octanol–water partition coefficient (Wildman–Crippen LogP) is 2.42. The van der Waals surface area contributed by atoms with Crippen LogP contribution in [0, 0.1) is 4.91 Å². The summed E-state index contributed by atoms with van der Waals surface area (Å²) in [5, 5.41) is 0. The number of carbonyl (C=O) groups excluding carboxylic acids is 1. The molecule has 15 heavy (non-hydrogen) atoms. The van der Waals surface area contributed by atoms with Crippen molar-refractivity contribution in [1.29, 1.82) is 0 Å². The monoisotopic (exact) mass is 204 g/mol. The van der Waals surface area contributed by atoms with Crippen molar-refractivity contribution in [2.24, 2.45) is 0 Å². The topological polar surface area (TPSA) is 37.1 Å². The SMILES string of the molecule is CC(C)(C)c1ccc2c(c1)C[N+](=O)C2=O. The Bertz CT molecular complexity index is 455. The molecule has 2 rings (SSSR count). The molecule has 0 bridgehead atoms. The number of rotatable bonds is 0. The minimum atomic E-state index is -0.412. The molecule has 0 unspecified atom stereocenters. The van der Waals surface area contributed by atoms with Crippen molar-refractivity contribution in [3.8, 4) is 0 Å². The van der Waals surface area contributed by atoms with E-state index in [2.05, 4.69) is 20.8 Å². The summed E-state index contributed by atoms with van der Waals surface area (Å²) in [5.41, 5.74) is 2.61. The van der Waals surface area contributed by atoms with E-state index in [-0.39, 0.29) is 12.0 Å². The molecule has 1 aromatic carbocycles. The van der Waals surface area contributed by atoms with E-state index < -0.39 is 5.91 Å². The molecule has 1 aromatic rings. The smallest absolute Gasteiger partial charge is 0.209 e. The van der Waals surface area contributed by atoms with Gasteiger partial charge in [0, 0.05) is 10.5 Å². The summed E-state index contributed by atoms with van der Waals surface area (Å²) in [6.07, 6.45) is 0. The summed E-state index contributed by atoms with van der Waals surface area (Å²) in [5.74, 6) is -0.412. The zero-order chi connectivity index (χ0) is 11.2. The Hall–Kier alpha value is -1.51. The first-order valence-electron chi connectivity index (χ1n) is 5.02. The first-order valence-corrected chi connectivity index (χ1v) is 5.02. The molecule has 0 fully saturated rings. The van der Waals surface area contributed by atoms with Crippen LogP contribution < -0.4 is 0 Å². The van der Waals surface area contributed by atoms with E-state index >= 15 is 0 Å². The summed E-state index contributed by atoms with van der Waals surface area (Å²) in [7, 11) is 0. The maximum atomic E-state index is 11.4. The fourth-order valence-electron chi connectivity index (χ4n) is 1.76. The van der Waals surface area contributed by atoms with Gasteiger partial charge >= 0.3 is 5.91 Å². The third-order valence-corrected chi connectivity index (χ3v) is 2.74. The number of carbonyl (C=O) groups is 1. The Balaban J connectivity index is 2.51. The predicted molar refractivity (Wildman–Crippen MR) is 56.8 cm³/mol. The minimum absolute atomic E-state index is 0.0500. The van der Waals surface area contributed by atoms with Gasteiger partial charge in [0.2, 0.25) is 6.54 Å². The lowest BCUT2D eigenvalue weighted by Gasteiger charge is -2.18. The van der Waals surface area contributed by atoms with Crippen LogP contribution in [0.25, 0.3) is 0 Å². The van der Waals surface area contributed by atoms with Crippen LogP contribution >= 0.6 is 0 Å². The van der Waals surface area contributed by atoms with Crippen molar-refractivity contribution in [3.63, 3.8) is 0 Å². The van der Waals surface area contributed by atoms with Crippen molar-refractivity contribution >= 4 is 5.91 Å². The van der Waals surface area contributed by atoms with Crippen LogP contribution in [0.2, 0.25) is 0 Å². The summed E-state index contributed by atoms with van der Waals surface area (Å²) in [4.78, 5) is 22.5. The lowest BCUT2D eigenvalue weighted by molar-refractivity contribution is -0.459. The number of amides is 1. The zero-order valence-electron chi connectivity index (χ0n) is 9.20. The van der Waals surface area contributed by atoms with Crippen LogP contribution in [-0.2, 0) is 12.0 Å². The Morgan fingerprint density at radius 3 is 2.53 bits per heavy atom. The van der Waals surface area contributed by atoms with Crippen molar-refractivity contribution in [3.05, 3.63) is 39.8 Å². The van der Waals surface area contributed by atoms with Gasteiger partial charge < -0.3 is 0 Å². The van der Waals surface area contributed by atoms with E-state index in [0.717, 1.165) is 11.1 Å². The molecule has 3 heteroatoms. The standard InChI is InChI=1S/C12H14NO2/c1-12(2,3)9-4-5-10-8(6-9)7-13(15)11(10)14/h4-6H,7H2,1-3H3/q+1. The molecule has 3 nitrogen and oxygen atoms in total. The summed E-state index contributed by atoms with van der Waals surface area (Å²) >= 11 is 0. The molecule has 0 aliphatic carbocycles. The molecule has 1 aliphatic heterocycles. The van der Waals surface area contributed by atoms with Crippen LogP contribution in [-0.4, -0.2) is 10.7 Å². The van der Waals surface area contributed by atoms with Gasteiger partial charge in [-0.15, -0.1) is 0 Å². The molecule has 0 N–H and O–H groups in total. The van der Waals surface area contributed by atoms with Crippen LogP contribution in [0.15, 0.2) is 18.2 Å². The number of hydrogen-bond donors (Lipinski definition) is 0. The Labute approximate surface area is 88.7 Å². The van der Waals surface area contributed by atoms with Crippen LogP contribution in [0.1, 0.15) is 42.3 Å². The van der Waals surface area contributed by atoms with E-state index in [1.165, 1.54) is 0 Å². The van der Waals surface area contributed by atoms with Gasteiger partial charge in [0.25, 0.3) is 0 Å². The third kappa shape index (κ3) is 1.58. The number of nitroso groups, excluding NO2 is 1. The molecule has 0 radical (unpaired) electrons. The number of nitrogens with zero attached hydrogens (tertiary/aromatic N) is 1. The van der Waals surface area contributed by atoms with Crippen LogP contribution in [0.3, 0.4) is 0 Å². The average Bonchev–Trinajstić information content (AvgIpc) is 2.41. The van der Waals surface area contributed by atoms with E-state index in [1.807, 2.05) is 12.1 Å². The molecule has 0 atom stereocenters. The van der Waals surface area contributed by atoms with Gasteiger partial charge in [0.15, 0.2) is 0 Å². The minimum Gasteiger partial charge on any atom is -0.209 e. The zero-order valence-corrected chi connectivity index (χ0v) is 9.20. The van der Waals surface area contributed by atoms with Gasteiger partial charge in [0.1, 0.15) is 5.56 Å². The first kappa shape index (κ1) is 10.0. The van der Waals surface area contributed by atoms with Crippen LogP contribution in [0.5, 0.6) is 0 Å². The summed E-state index contributed by atoms with van der Waals surface area (Å²) in [6, 6.07) is 5.65. The number of benzene rings is 1. The van der Waals surface area contributed by atoms with Gasteiger partial charge in [-0.3, -0.25) is 0 Å². The molecule has 1 heterocycles. The highest BCUT2D eigenvalue weighted by molar-refractivity contribution is 5.91. The second-order valence-electron chi connectivity index (χ2n) is 4.96. The molecular formula is C12H14NO2+. The normalized spacial score (nSPS) is 15.7. The van der Waals surface area contributed by atoms with Crippen molar-refractivity contribution in [1.82, 2.24) is 0 Å². The van der Waals surface area contributed by atoms with Crippen molar-refractivity contribution in [2.45, 2.75) is 32.7 Å². The number of hydrogen-bond acceptors (Lipinski definition) is 2. The Morgan fingerprint density at radius 1 is 1.27 bits per heavy atom. The molecular weight excluding hydrogens is 190 g/mol. The fourth-order valence-corrected chi connectivity index (χ4v) is 1.76. The van der Waals surface area contributed by atoms with Gasteiger partial charge in [-0.1, -0.05) is 26.8 Å². The fraction of sp³-hybridized carbons (Fsp3) is 0.417. The molecule has 1 aliphatic rings. The quantitative estimate of drug-likeness (QED) is 0.608. The van der Waals surface area contributed by atoms with Gasteiger partial charge in [-0.05, 0) is 23.1 Å². The van der Waals surface area contributed by atoms with Crippen LogP contribution in [0.4, 0.5) is 0 Å². The molecule has 78 valence electrons.